The fraction of sp³-hybridized carbons (Fsp3) is 0.222. The summed E-state index contributed by atoms with van der Waals surface area (Å²) in [6.45, 7) is 0.129. The second-order valence-corrected chi connectivity index (χ2v) is 6.69. The molecule has 1 fully saturated rings. The van der Waals surface area contributed by atoms with Gasteiger partial charge in [-0.1, -0.05) is 11.6 Å². The van der Waals surface area contributed by atoms with Crippen LogP contribution in [0.25, 0.3) is 11.3 Å². The van der Waals surface area contributed by atoms with E-state index in [9.17, 15) is 14.0 Å². The molecule has 0 saturated carbocycles. The maximum Gasteiger partial charge on any atom is 0.276 e. The van der Waals surface area contributed by atoms with E-state index in [1.807, 2.05) is 6.08 Å². The molecule has 0 spiro atoms. The summed E-state index contributed by atoms with van der Waals surface area (Å²) in [6, 6.07) is 5.60. The maximum absolute atomic E-state index is 13.9. The largest absolute Gasteiger partial charge is 0.337 e. The molecule has 27 heavy (non-hydrogen) atoms. The summed E-state index contributed by atoms with van der Waals surface area (Å²) < 4.78 is 15.5. The molecular formula is C18H15ClFN5O2. The first-order valence-corrected chi connectivity index (χ1v) is 8.69. The lowest BCUT2D eigenvalue weighted by atomic mass is 10.1. The summed E-state index contributed by atoms with van der Waals surface area (Å²) in [5, 5.41) is 7.29. The Bertz CT molecular complexity index is 964. The molecule has 1 aromatic carbocycles. The standard InChI is InChI=1S/C18H15ClFN5O2/c19-12-5-11(6-13(20)7-12)16-8-15(18(27)24-9-17(26)22-10-24)23-25(16)14-1-3-21-4-2-14/h1,3-8,14H,2,9-10H2,(H,22,26). The highest BCUT2D eigenvalue weighted by atomic mass is 35.5. The minimum atomic E-state index is -0.479. The highest BCUT2D eigenvalue weighted by molar-refractivity contribution is 6.30. The zero-order valence-electron chi connectivity index (χ0n) is 14.1. The number of carbonyl (C=O) groups excluding carboxylic acids is 2. The number of nitrogens with one attached hydrogen (secondary N) is 1. The SMILES string of the molecule is O=C1CN(C(=O)c2cc(-c3cc(F)cc(Cl)c3)n(C3C=CN=CC3)n2)CN1. The second kappa shape index (κ2) is 6.96. The molecule has 1 unspecified atom stereocenters. The molecule has 2 amide bonds. The molecule has 1 saturated heterocycles. The second-order valence-electron chi connectivity index (χ2n) is 6.25. The lowest BCUT2D eigenvalue weighted by Crippen LogP contribution is -2.30. The summed E-state index contributed by atoms with van der Waals surface area (Å²) in [5.41, 5.74) is 1.25. The Morgan fingerprint density at radius 1 is 1.30 bits per heavy atom. The number of nitrogens with zero attached hydrogens (tertiary/aromatic N) is 4. The molecule has 9 heteroatoms. The van der Waals surface area contributed by atoms with Crippen molar-refractivity contribution in [2.45, 2.75) is 12.5 Å². The van der Waals surface area contributed by atoms with Crippen molar-refractivity contribution in [3.8, 4) is 11.3 Å². The van der Waals surface area contributed by atoms with E-state index in [-0.39, 0.29) is 41.8 Å². The zero-order chi connectivity index (χ0) is 19.0. The Kier molecular flexibility index (Phi) is 4.49. The number of hydrogen-bond acceptors (Lipinski definition) is 4. The number of carbonyl (C=O) groups is 2. The quantitative estimate of drug-likeness (QED) is 0.878. The van der Waals surface area contributed by atoms with Gasteiger partial charge in [0, 0.05) is 29.4 Å². The Balaban J connectivity index is 1.77. The monoisotopic (exact) mass is 387 g/mol. The molecule has 2 aliphatic rings. The van der Waals surface area contributed by atoms with Crippen LogP contribution >= 0.6 is 11.6 Å². The van der Waals surface area contributed by atoms with Gasteiger partial charge in [-0.25, -0.2) is 4.39 Å². The Labute approximate surface area is 159 Å². The molecule has 3 heterocycles. The summed E-state index contributed by atoms with van der Waals surface area (Å²) in [4.78, 5) is 29.5. The number of rotatable bonds is 3. The maximum atomic E-state index is 13.9. The molecule has 0 radical (unpaired) electrons. The molecule has 4 rings (SSSR count). The van der Waals surface area contributed by atoms with Gasteiger partial charge in [0.2, 0.25) is 5.91 Å². The molecule has 138 valence electrons. The lowest BCUT2D eigenvalue weighted by molar-refractivity contribution is -0.118. The van der Waals surface area contributed by atoms with Crippen LogP contribution < -0.4 is 5.32 Å². The van der Waals surface area contributed by atoms with Crippen LogP contribution in [-0.2, 0) is 4.79 Å². The first kappa shape index (κ1) is 17.4. The van der Waals surface area contributed by atoms with E-state index in [0.29, 0.717) is 17.7 Å². The Morgan fingerprint density at radius 2 is 2.15 bits per heavy atom. The van der Waals surface area contributed by atoms with Crippen molar-refractivity contribution in [1.29, 1.82) is 0 Å². The van der Waals surface area contributed by atoms with E-state index in [0.717, 1.165) is 0 Å². The van der Waals surface area contributed by atoms with Crippen molar-refractivity contribution < 1.29 is 14.0 Å². The third-order valence-corrected chi connectivity index (χ3v) is 4.58. The molecule has 1 N–H and O–H groups in total. The van der Waals surface area contributed by atoms with Crippen LogP contribution in [0.4, 0.5) is 4.39 Å². The molecular weight excluding hydrogens is 373 g/mol. The van der Waals surface area contributed by atoms with Gasteiger partial charge in [-0.15, -0.1) is 0 Å². The normalized spacial score (nSPS) is 18.8. The van der Waals surface area contributed by atoms with Gasteiger partial charge in [-0.3, -0.25) is 19.3 Å². The number of aromatic nitrogens is 2. The predicted octanol–water partition coefficient (Wildman–Crippen LogP) is 2.40. The van der Waals surface area contributed by atoms with E-state index in [2.05, 4.69) is 15.4 Å². The van der Waals surface area contributed by atoms with E-state index in [1.165, 1.54) is 17.0 Å². The van der Waals surface area contributed by atoms with Crippen LogP contribution in [0.3, 0.4) is 0 Å². The Hall–Kier alpha value is -3.00. The zero-order valence-corrected chi connectivity index (χ0v) is 14.9. The van der Waals surface area contributed by atoms with Crippen LogP contribution in [0.5, 0.6) is 0 Å². The fourth-order valence-electron chi connectivity index (χ4n) is 3.08. The molecule has 0 bridgehead atoms. The third-order valence-electron chi connectivity index (χ3n) is 4.36. The van der Waals surface area contributed by atoms with Crippen LogP contribution in [-0.4, -0.2) is 45.9 Å². The van der Waals surface area contributed by atoms with Gasteiger partial charge < -0.3 is 10.2 Å². The average Bonchev–Trinajstić information content (AvgIpc) is 3.28. The average molecular weight is 388 g/mol. The minimum absolute atomic E-state index is 0.0111. The molecule has 1 atom stereocenters. The summed E-state index contributed by atoms with van der Waals surface area (Å²) in [5.74, 6) is -1.07. The number of hydrogen-bond donors (Lipinski definition) is 1. The number of aliphatic imine (C=N–C) groups is 1. The predicted molar refractivity (Wildman–Crippen MR) is 98.0 cm³/mol. The van der Waals surface area contributed by atoms with Crippen LogP contribution in [0.2, 0.25) is 5.02 Å². The highest BCUT2D eigenvalue weighted by Crippen LogP contribution is 2.30. The van der Waals surface area contributed by atoms with Gasteiger partial charge in [0.25, 0.3) is 5.91 Å². The van der Waals surface area contributed by atoms with E-state index >= 15 is 0 Å². The Morgan fingerprint density at radius 3 is 2.81 bits per heavy atom. The molecule has 2 aromatic rings. The van der Waals surface area contributed by atoms with Crippen molar-refractivity contribution in [2.75, 3.05) is 13.2 Å². The van der Waals surface area contributed by atoms with E-state index in [4.69, 9.17) is 11.6 Å². The summed E-state index contributed by atoms with van der Waals surface area (Å²) in [7, 11) is 0. The fourth-order valence-corrected chi connectivity index (χ4v) is 3.30. The van der Waals surface area contributed by atoms with Gasteiger partial charge >= 0.3 is 0 Å². The van der Waals surface area contributed by atoms with Gasteiger partial charge in [0.05, 0.1) is 18.4 Å². The summed E-state index contributed by atoms with van der Waals surface area (Å²) >= 11 is 6.00. The third kappa shape index (κ3) is 3.48. The van der Waals surface area contributed by atoms with Gasteiger partial charge in [0.1, 0.15) is 12.4 Å². The van der Waals surface area contributed by atoms with Crippen LogP contribution in [0.15, 0.2) is 41.5 Å². The van der Waals surface area contributed by atoms with Crippen LogP contribution in [0, 0.1) is 5.82 Å². The molecule has 7 nitrogen and oxygen atoms in total. The van der Waals surface area contributed by atoms with Gasteiger partial charge in [0.15, 0.2) is 5.69 Å². The first-order chi connectivity index (χ1) is 13.0. The molecule has 1 aromatic heterocycles. The van der Waals surface area contributed by atoms with Crippen molar-refractivity contribution >= 4 is 29.6 Å². The van der Waals surface area contributed by atoms with E-state index in [1.54, 1.807) is 29.2 Å². The summed E-state index contributed by atoms with van der Waals surface area (Å²) in [6.07, 6.45) is 5.85. The minimum Gasteiger partial charge on any atom is -0.337 e. The van der Waals surface area contributed by atoms with E-state index < -0.39 is 5.82 Å². The first-order valence-electron chi connectivity index (χ1n) is 8.31. The van der Waals surface area contributed by atoms with Crippen molar-refractivity contribution in [3.05, 3.63) is 53.1 Å². The lowest BCUT2D eigenvalue weighted by Gasteiger charge is -2.17. The number of allylic oxidation sites excluding steroid dienone is 1. The number of halogens is 2. The highest BCUT2D eigenvalue weighted by Gasteiger charge is 2.28. The van der Waals surface area contributed by atoms with Gasteiger partial charge in [-0.05, 0) is 30.3 Å². The van der Waals surface area contributed by atoms with Crippen molar-refractivity contribution in [1.82, 2.24) is 20.0 Å². The number of benzene rings is 1. The number of amides is 2. The topological polar surface area (TPSA) is 79.6 Å². The van der Waals surface area contributed by atoms with Crippen molar-refractivity contribution in [2.24, 2.45) is 4.99 Å². The van der Waals surface area contributed by atoms with Crippen LogP contribution in [0.1, 0.15) is 23.0 Å². The molecule has 0 aliphatic carbocycles. The molecule has 2 aliphatic heterocycles. The smallest absolute Gasteiger partial charge is 0.276 e. The van der Waals surface area contributed by atoms with Crippen molar-refractivity contribution in [3.63, 3.8) is 0 Å². The van der Waals surface area contributed by atoms with Gasteiger partial charge in [-0.2, -0.15) is 5.10 Å².